The Morgan fingerprint density at radius 1 is 0.897 bits per heavy atom. The monoisotopic (exact) mass is 418 g/mol. The van der Waals surface area contributed by atoms with Gasteiger partial charge in [0.2, 0.25) is 23.6 Å². The molecule has 0 aliphatic heterocycles. The summed E-state index contributed by atoms with van der Waals surface area (Å²) < 4.78 is 0. The molecule has 0 aromatic rings. The molecular formula is C16H30N6O7. The van der Waals surface area contributed by atoms with Gasteiger partial charge in [0.05, 0.1) is 19.1 Å². The van der Waals surface area contributed by atoms with Crippen molar-refractivity contribution < 1.29 is 34.2 Å². The number of carboxylic acids is 1. The van der Waals surface area contributed by atoms with Crippen LogP contribution >= 0.6 is 0 Å². The molecule has 29 heavy (non-hydrogen) atoms. The highest BCUT2D eigenvalue weighted by Crippen LogP contribution is 2.04. The highest BCUT2D eigenvalue weighted by molar-refractivity contribution is 5.94. The van der Waals surface area contributed by atoms with E-state index in [1.54, 1.807) is 0 Å². The topological polar surface area (TPSA) is 240 Å². The van der Waals surface area contributed by atoms with Gasteiger partial charge in [-0.1, -0.05) is 0 Å². The second-order valence-corrected chi connectivity index (χ2v) is 6.45. The van der Waals surface area contributed by atoms with E-state index in [1.807, 2.05) is 0 Å². The lowest BCUT2D eigenvalue weighted by Gasteiger charge is -2.24. The first-order valence-electron chi connectivity index (χ1n) is 9.02. The number of hydrogen-bond donors (Lipinski definition) is 8. The lowest BCUT2D eigenvalue weighted by atomic mass is 10.1. The van der Waals surface area contributed by atoms with Gasteiger partial charge in [-0.3, -0.25) is 19.2 Å². The fourth-order valence-electron chi connectivity index (χ4n) is 2.20. The molecule has 0 aliphatic rings. The summed E-state index contributed by atoms with van der Waals surface area (Å²) in [4.78, 5) is 58.6. The van der Waals surface area contributed by atoms with Crippen LogP contribution in [0.3, 0.4) is 0 Å². The van der Waals surface area contributed by atoms with Crippen molar-refractivity contribution in [3.05, 3.63) is 0 Å². The lowest BCUT2D eigenvalue weighted by Crippen LogP contribution is -2.58. The van der Waals surface area contributed by atoms with Gasteiger partial charge in [-0.25, -0.2) is 4.79 Å². The number of carbonyl (C=O) groups excluding carboxylic acids is 4. The minimum atomic E-state index is -1.57. The molecule has 0 aliphatic carbocycles. The quantitative estimate of drug-likeness (QED) is 0.128. The maximum absolute atomic E-state index is 12.5. The molecule has 0 saturated carbocycles. The summed E-state index contributed by atoms with van der Waals surface area (Å²) in [6, 6.07) is -5.05. The first-order chi connectivity index (χ1) is 13.5. The number of aliphatic carboxylic acids is 1. The van der Waals surface area contributed by atoms with Crippen LogP contribution in [0.5, 0.6) is 0 Å². The molecule has 13 nitrogen and oxygen atoms in total. The molecule has 4 unspecified atom stereocenters. The van der Waals surface area contributed by atoms with E-state index in [0.29, 0.717) is 19.4 Å². The van der Waals surface area contributed by atoms with Gasteiger partial charge < -0.3 is 43.4 Å². The van der Waals surface area contributed by atoms with Gasteiger partial charge in [0, 0.05) is 0 Å². The van der Waals surface area contributed by atoms with Crippen LogP contribution in [0.4, 0.5) is 0 Å². The van der Waals surface area contributed by atoms with E-state index in [4.69, 9.17) is 22.3 Å². The standard InChI is InChI=1S/C16H30N6O7/c1-8(18)13(25)22-11(7-23)15(27)20-9(4-2-3-5-17)14(26)21-10(16(28)29)6-12(19)24/h8-11,23H,2-7,17-18H2,1H3,(H2,19,24)(H,20,27)(H,21,26)(H,22,25)(H,28,29). The van der Waals surface area contributed by atoms with Crippen molar-refractivity contribution in [1.29, 1.82) is 0 Å². The van der Waals surface area contributed by atoms with Crippen molar-refractivity contribution >= 4 is 29.6 Å². The molecule has 166 valence electrons. The molecule has 0 aromatic heterocycles. The molecule has 4 amide bonds. The lowest BCUT2D eigenvalue weighted by molar-refractivity contribution is -0.143. The molecule has 13 heteroatoms. The second-order valence-electron chi connectivity index (χ2n) is 6.45. The average Bonchev–Trinajstić information content (AvgIpc) is 2.63. The van der Waals surface area contributed by atoms with Gasteiger partial charge in [0.25, 0.3) is 0 Å². The van der Waals surface area contributed by atoms with E-state index in [9.17, 15) is 29.1 Å². The van der Waals surface area contributed by atoms with Gasteiger partial charge in [-0.15, -0.1) is 0 Å². The Kier molecular flexibility index (Phi) is 12.1. The van der Waals surface area contributed by atoms with Gasteiger partial charge in [0.15, 0.2) is 0 Å². The zero-order valence-corrected chi connectivity index (χ0v) is 16.2. The van der Waals surface area contributed by atoms with Crippen molar-refractivity contribution in [1.82, 2.24) is 16.0 Å². The molecule has 0 bridgehead atoms. The van der Waals surface area contributed by atoms with Crippen LogP contribution in [0.15, 0.2) is 0 Å². The molecule has 0 fully saturated rings. The number of primary amides is 1. The van der Waals surface area contributed by atoms with Crippen LogP contribution in [0.1, 0.15) is 32.6 Å². The van der Waals surface area contributed by atoms with Crippen LogP contribution in [-0.2, 0) is 24.0 Å². The first kappa shape index (κ1) is 26.2. The Morgan fingerprint density at radius 2 is 1.41 bits per heavy atom. The number of aliphatic hydroxyl groups is 1. The van der Waals surface area contributed by atoms with Crippen molar-refractivity contribution in [2.75, 3.05) is 13.2 Å². The fourth-order valence-corrected chi connectivity index (χ4v) is 2.20. The van der Waals surface area contributed by atoms with Crippen molar-refractivity contribution in [3.63, 3.8) is 0 Å². The maximum Gasteiger partial charge on any atom is 0.326 e. The third-order valence-electron chi connectivity index (χ3n) is 3.83. The third-order valence-corrected chi connectivity index (χ3v) is 3.83. The van der Waals surface area contributed by atoms with E-state index >= 15 is 0 Å². The van der Waals surface area contributed by atoms with Crippen molar-refractivity contribution in [3.8, 4) is 0 Å². The summed E-state index contributed by atoms with van der Waals surface area (Å²) in [7, 11) is 0. The Labute approximate surface area is 167 Å². The van der Waals surface area contributed by atoms with E-state index in [2.05, 4.69) is 16.0 Å². The van der Waals surface area contributed by atoms with Gasteiger partial charge >= 0.3 is 5.97 Å². The second kappa shape index (κ2) is 13.4. The Bertz CT molecular complexity index is 598. The molecule has 0 heterocycles. The molecular weight excluding hydrogens is 388 g/mol. The summed E-state index contributed by atoms with van der Waals surface area (Å²) in [6.45, 7) is 0.974. The van der Waals surface area contributed by atoms with Crippen LogP contribution in [-0.4, -0.2) is 77.1 Å². The molecule has 0 spiro atoms. The Morgan fingerprint density at radius 3 is 1.86 bits per heavy atom. The number of unbranched alkanes of at least 4 members (excludes halogenated alkanes) is 1. The molecule has 0 radical (unpaired) electrons. The summed E-state index contributed by atoms with van der Waals surface area (Å²) in [6.07, 6.45) is 0.442. The Hall–Kier alpha value is -2.77. The summed E-state index contributed by atoms with van der Waals surface area (Å²) in [5, 5.41) is 25.2. The highest BCUT2D eigenvalue weighted by Gasteiger charge is 2.30. The van der Waals surface area contributed by atoms with Crippen molar-refractivity contribution in [2.45, 2.75) is 56.8 Å². The predicted molar refractivity (Wildman–Crippen MR) is 101 cm³/mol. The molecule has 4 atom stereocenters. The number of nitrogens with one attached hydrogen (secondary N) is 3. The zero-order valence-electron chi connectivity index (χ0n) is 16.2. The first-order valence-corrected chi connectivity index (χ1v) is 9.02. The third kappa shape index (κ3) is 10.4. The van der Waals surface area contributed by atoms with Gasteiger partial charge in [-0.2, -0.15) is 0 Å². The zero-order chi connectivity index (χ0) is 22.6. The number of hydrogen-bond acceptors (Lipinski definition) is 8. The number of amides is 4. The minimum Gasteiger partial charge on any atom is -0.480 e. The maximum atomic E-state index is 12.5. The van der Waals surface area contributed by atoms with E-state index in [0.717, 1.165) is 0 Å². The van der Waals surface area contributed by atoms with E-state index in [-0.39, 0.29) is 6.42 Å². The van der Waals surface area contributed by atoms with E-state index < -0.39 is 66.8 Å². The largest absolute Gasteiger partial charge is 0.480 e. The van der Waals surface area contributed by atoms with E-state index in [1.165, 1.54) is 6.92 Å². The van der Waals surface area contributed by atoms with Gasteiger partial charge in [0.1, 0.15) is 18.1 Å². The molecule has 0 rings (SSSR count). The molecule has 11 N–H and O–H groups in total. The SMILES string of the molecule is CC(N)C(=O)NC(CO)C(=O)NC(CCCCN)C(=O)NC(CC(N)=O)C(=O)O. The number of carboxylic acid groups (broad SMARTS) is 1. The minimum absolute atomic E-state index is 0.108. The fraction of sp³-hybridized carbons (Fsp3) is 0.688. The van der Waals surface area contributed by atoms with Crippen LogP contribution in [0.25, 0.3) is 0 Å². The normalized spacial score (nSPS) is 14.8. The van der Waals surface area contributed by atoms with Crippen LogP contribution in [0, 0.1) is 0 Å². The number of aliphatic hydroxyl groups excluding tert-OH is 1. The summed E-state index contributed by atoms with van der Waals surface area (Å²) in [5.41, 5.74) is 15.8. The highest BCUT2D eigenvalue weighted by atomic mass is 16.4. The smallest absolute Gasteiger partial charge is 0.326 e. The number of carbonyl (C=O) groups is 5. The molecule has 0 aromatic carbocycles. The van der Waals surface area contributed by atoms with Crippen LogP contribution in [0.2, 0.25) is 0 Å². The summed E-state index contributed by atoms with van der Waals surface area (Å²) in [5.74, 6) is -4.81. The van der Waals surface area contributed by atoms with Gasteiger partial charge in [-0.05, 0) is 32.7 Å². The average molecular weight is 418 g/mol. The van der Waals surface area contributed by atoms with Crippen LogP contribution < -0.4 is 33.2 Å². The van der Waals surface area contributed by atoms with Crippen molar-refractivity contribution in [2.24, 2.45) is 17.2 Å². The Balaban J connectivity index is 5.24. The molecule has 0 saturated heterocycles. The number of rotatable bonds is 14. The summed E-state index contributed by atoms with van der Waals surface area (Å²) >= 11 is 0. The number of nitrogens with two attached hydrogens (primary N) is 3. The predicted octanol–water partition coefficient (Wildman–Crippen LogP) is -4.13.